The lowest BCUT2D eigenvalue weighted by Gasteiger charge is -2.29. The average molecular weight is 200 g/mol. The van der Waals surface area contributed by atoms with E-state index in [1.807, 2.05) is 11.8 Å². The van der Waals surface area contributed by atoms with E-state index in [4.69, 9.17) is 10.5 Å². The van der Waals surface area contributed by atoms with Gasteiger partial charge in [-0.15, -0.1) is 0 Å². The first-order valence-electron chi connectivity index (χ1n) is 4.54. The highest BCUT2D eigenvalue weighted by Crippen LogP contribution is 2.09. The molecule has 0 aliphatic carbocycles. The third-order valence-electron chi connectivity index (χ3n) is 2.28. The Morgan fingerprint density at radius 2 is 2.00 bits per heavy atom. The third kappa shape index (κ3) is 2.38. The maximum absolute atomic E-state index is 11.1. The second-order valence-corrected chi connectivity index (χ2v) is 3.09. The fourth-order valence-electron chi connectivity index (χ4n) is 1.33. The quantitative estimate of drug-likeness (QED) is 0.489. The molecule has 0 aromatic heterocycles. The summed E-state index contributed by atoms with van der Waals surface area (Å²) in [5, 5.41) is 0. The zero-order valence-electron chi connectivity index (χ0n) is 8.58. The number of nitrogens with zero attached hydrogens (tertiary/aromatic N) is 1. The van der Waals surface area contributed by atoms with Gasteiger partial charge in [0.2, 0.25) is 0 Å². The van der Waals surface area contributed by atoms with Crippen molar-refractivity contribution in [3.05, 3.63) is 11.4 Å². The van der Waals surface area contributed by atoms with E-state index in [2.05, 4.69) is 4.74 Å². The van der Waals surface area contributed by atoms with Crippen molar-refractivity contribution in [2.75, 3.05) is 33.4 Å². The van der Waals surface area contributed by atoms with Crippen LogP contribution < -0.4 is 5.73 Å². The summed E-state index contributed by atoms with van der Waals surface area (Å²) in [4.78, 5) is 13.2. The monoisotopic (exact) mass is 200 g/mol. The van der Waals surface area contributed by atoms with Gasteiger partial charge in [0.1, 0.15) is 5.70 Å². The van der Waals surface area contributed by atoms with Crippen LogP contribution >= 0.6 is 0 Å². The van der Waals surface area contributed by atoms with E-state index in [0.29, 0.717) is 13.2 Å². The zero-order valence-corrected chi connectivity index (χ0v) is 8.58. The van der Waals surface area contributed by atoms with Gasteiger partial charge < -0.3 is 20.1 Å². The molecular formula is C9H16N2O3. The highest BCUT2D eigenvalue weighted by molar-refractivity contribution is 5.87. The average Bonchev–Trinajstić information content (AvgIpc) is 2.27. The second-order valence-electron chi connectivity index (χ2n) is 3.09. The second kappa shape index (κ2) is 4.85. The fraction of sp³-hybridized carbons (Fsp3) is 0.667. The van der Waals surface area contributed by atoms with Crippen molar-refractivity contribution in [2.45, 2.75) is 6.92 Å². The standard InChI is InChI=1S/C9H16N2O3/c1-7(8(10)9(12)13-2)11-3-5-14-6-4-11/h3-6,10H2,1-2H3/b8-7+. The van der Waals surface area contributed by atoms with E-state index in [1.54, 1.807) is 0 Å². The molecule has 14 heavy (non-hydrogen) atoms. The Bertz CT molecular complexity index is 244. The Morgan fingerprint density at radius 1 is 1.43 bits per heavy atom. The molecule has 0 spiro atoms. The Kier molecular flexibility index (Phi) is 3.76. The molecule has 0 saturated carbocycles. The molecule has 0 atom stereocenters. The topological polar surface area (TPSA) is 64.8 Å². The van der Waals surface area contributed by atoms with Gasteiger partial charge in [0.25, 0.3) is 0 Å². The molecule has 2 N–H and O–H groups in total. The maximum Gasteiger partial charge on any atom is 0.355 e. The fourth-order valence-corrected chi connectivity index (χ4v) is 1.33. The Labute approximate surface area is 83.5 Å². The van der Waals surface area contributed by atoms with Crippen molar-refractivity contribution in [1.82, 2.24) is 4.90 Å². The summed E-state index contributed by atoms with van der Waals surface area (Å²) in [6.45, 7) is 4.70. The molecule has 0 amide bonds. The Hall–Kier alpha value is -1.23. The molecule has 0 aromatic carbocycles. The summed E-state index contributed by atoms with van der Waals surface area (Å²) in [6, 6.07) is 0. The largest absolute Gasteiger partial charge is 0.464 e. The van der Waals surface area contributed by atoms with Crippen LogP contribution in [-0.4, -0.2) is 44.3 Å². The summed E-state index contributed by atoms with van der Waals surface area (Å²) < 4.78 is 9.74. The van der Waals surface area contributed by atoms with E-state index in [-0.39, 0.29) is 5.70 Å². The number of morpholine rings is 1. The van der Waals surface area contributed by atoms with Crippen LogP contribution in [0.2, 0.25) is 0 Å². The minimum atomic E-state index is -0.478. The summed E-state index contributed by atoms with van der Waals surface area (Å²) >= 11 is 0. The van der Waals surface area contributed by atoms with Crippen molar-refractivity contribution in [3.8, 4) is 0 Å². The van der Waals surface area contributed by atoms with Crippen molar-refractivity contribution in [2.24, 2.45) is 5.73 Å². The van der Waals surface area contributed by atoms with E-state index in [1.165, 1.54) is 7.11 Å². The van der Waals surface area contributed by atoms with Crippen molar-refractivity contribution >= 4 is 5.97 Å². The Morgan fingerprint density at radius 3 is 2.50 bits per heavy atom. The van der Waals surface area contributed by atoms with Gasteiger partial charge in [0, 0.05) is 18.8 Å². The van der Waals surface area contributed by atoms with Gasteiger partial charge in [0.05, 0.1) is 20.3 Å². The number of methoxy groups -OCH3 is 1. The van der Waals surface area contributed by atoms with Gasteiger partial charge in [-0.3, -0.25) is 0 Å². The summed E-state index contributed by atoms with van der Waals surface area (Å²) in [6.07, 6.45) is 0. The van der Waals surface area contributed by atoms with Crippen LogP contribution in [0.5, 0.6) is 0 Å². The number of nitrogens with two attached hydrogens (primary N) is 1. The minimum absolute atomic E-state index is 0.175. The number of ether oxygens (including phenoxy) is 2. The molecule has 1 aliphatic rings. The summed E-state index contributed by atoms with van der Waals surface area (Å²) in [7, 11) is 1.32. The van der Waals surface area contributed by atoms with Crippen LogP contribution in [0.25, 0.3) is 0 Å². The zero-order chi connectivity index (χ0) is 10.6. The van der Waals surface area contributed by atoms with Crippen molar-refractivity contribution in [3.63, 3.8) is 0 Å². The van der Waals surface area contributed by atoms with Crippen LogP contribution in [0.1, 0.15) is 6.92 Å². The van der Waals surface area contributed by atoms with Crippen LogP contribution in [-0.2, 0) is 14.3 Å². The lowest BCUT2D eigenvalue weighted by atomic mass is 10.3. The van der Waals surface area contributed by atoms with Gasteiger partial charge in [-0.05, 0) is 6.92 Å². The van der Waals surface area contributed by atoms with Crippen LogP contribution in [0, 0.1) is 0 Å². The molecule has 1 rings (SSSR count). The number of allylic oxidation sites excluding steroid dienone is 1. The smallest absolute Gasteiger partial charge is 0.355 e. The van der Waals surface area contributed by atoms with E-state index < -0.39 is 5.97 Å². The number of rotatable bonds is 2. The number of hydrogen-bond donors (Lipinski definition) is 1. The lowest BCUT2D eigenvalue weighted by molar-refractivity contribution is -0.136. The molecule has 5 nitrogen and oxygen atoms in total. The molecule has 5 heteroatoms. The van der Waals surface area contributed by atoms with Gasteiger partial charge in [-0.25, -0.2) is 4.79 Å². The van der Waals surface area contributed by atoms with Crippen molar-refractivity contribution < 1.29 is 14.3 Å². The first-order chi connectivity index (χ1) is 6.66. The summed E-state index contributed by atoms with van der Waals surface area (Å²) in [5.74, 6) is -0.478. The van der Waals surface area contributed by atoms with Crippen LogP contribution in [0.15, 0.2) is 11.4 Å². The van der Waals surface area contributed by atoms with Gasteiger partial charge in [0.15, 0.2) is 0 Å². The highest BCUT2D eigenvalue weighted by Gasteiger charge is 2.16. The molecular weight excluding hydrogens is 184 g/mol. The summed E-state index contributed by atoms with van der Waals surface area (Å²) in [5.41, 5.74) is 6.56. The van der Waals surface area contributed by atoms with Crippen LogP contribution in [0.3, 0.4) is 0 Å². The van der Waals surface area contributed by atoms with Gasteiger partial charge >= 0.3 is 5.97 Å². The van der Waals surface area contributed by atoms with E-state index in [0.717, 1.165) is 18.8 Å². The first kappa shape index (κ1) is 10.8. The number of carbonyl (C=O) groups excluding carboxylic acids is 1. The molecule has 1 fully saturated rings. The predicted molar refractivity (Wildman–Crippen MR) is 51.3 cm³/mol. The van der Waals surface area contributed by atoms with Crippen LogP contribution in [0.4, 0.5) is 0 Å². The van der Waals surface area contributed by atoms with Crippen molar-refractivity contribution in [1.29, 1.82) is 0 Å². The van der Waals surface area contributed by atoms with Gasteiger partial charge in [-0.1, -0.05) is 0 Å². The molecule has 1 heterocycles. The number of hydrogen-bond acceptors (Lipinski definition) is 5. The molecule has 0 aromatic rings. The number of esters is 1. The minimum Gasteiger partial charge on any atom is -0.464 e. The predicted octanol–water partition coefficient (Wildman–Crippen LogP) is -0.318. The van der Waals surface area contributed by atoms with Gasteiger partial charge in [-0.2, -0.15) is 0 Å². The molecule has 1 saturated heterocycles. The molecule has 0 radical (unpaired) electrons. The lowest BCUT2D eigenvalue weighted by Crippen LogP contribution is -2.37. The highest BCUT2D eigenvalue weighted by atomic mass is 16.5. The maximum atomic E-state index is 11.1. The Balaban J connectivity index is 2.69. The third-order valence-corrected chi connectivity index (χ3v) is 2.28. The first-order valence-corrected chi connectivity index (χ1v) is 4.54. The molecule has 0 unspecified atom stereocenters. The molecule has 1 aliphatic heterocycles. The van der Waals surface area contributed by atoms with E-state index >= 15 is 0 Å². The SMILES string of the molecule is COC(=O)/C(N)=C(/C)N1CCOCC1. The molecule has 0 bridgehead atoms. The normalized spacial score (nSPS) is 18.9. The van der Waals surface area contributed by atoms with E-state index in [9.17, 15) is 4.79 Å². The number of carbonyl (C=O) groups is 1. The molecule has 80 valence electrons.